The van der Waals surface area contributed by atoms with Crippen molar-refractivity contribution in [1.29, 1.82) is 0 Å². The number of benzene rings is 1. The molecule has 0 saturated heterocycles. The van der Waals surface area contributed by atoms with Crippen molar-refractivity contribution < 1.29 is 14.5 Å². The third-order valence-corrected chi connectivity index (χ3v) is 2.29. The lowest BCUT2D eigenvalue weighted by Gasteiger charge is -2.05. The van der Waals surface area contributed by atoms with E-state index in [0.29, 0.717) is 10.6 Å². The highest BCUT2D eigenvalue weighted by Gasteiger charge is 2.13. The predicted molar refractivity (Wildman–Crippen MR) is 61.8 cm³/mol. The van der Waals surface area contributed by atoms with Gasteiger partial charge in [-0.05, 0) is 12.1 Å². The van der Waals surface area contributed by atoms with Crippen molar-refractivity contribution in [3.8, 4) is 0 Å². The van der Waals surface area contributed by atoms with Gasteiger partial charge in [0.1, 0.15) is 0 Å². The zero-order valence-corrected chi connectivity index (χ0v) is 9.86. The molecule has 0 aliphatic rings. The minimum atomic E-state index is -0.495. The van der Waals surface area contributed by atoms with Gasteiger partial charge in [0.2, 0.25) is 0 Å². The maximum Gasteiger partial charge on any atom is 0.319 e. The molecule has 0 fully saturated rings. The second kappa shape index (κ2) is 6.17. The lowest BCUT2D eigenvalue weighted by atomic mass is 10.2. The predicted octanol–water partition coefficient (Wildman–Crippen LogP) is 1.51. The first kappa shape index (κ1) is 13.4. The van der Waals surface area contributed by atoms with E-state index in [0.717, 1.165) is 0 Å². The van der Waals surface area contributed by atoms with Gasteiger partial charge in [0, 0.05) is 23.2 Å². The summed E-state index contributed by atoms with van der Waals surface area (Å²) in [7, 11) is 1.27. The number of ether oxygens (including phenoxy) is 1. The molecule has 1 aromatic carbocycles. The number of nitrogens with one attached hydrogen (secondary N) is 1. The summed E-state index contributed by atoms with van der Waals surface area (Å²) >= 11 is 5.75. The Bertz CT molecular complexity index is 436. The van der Waals surface area contributed by atoms with Crippen LogP contribution in [0.25, 0.3) is 0 Å². The van der Waals surface area contributed by atoms with Crippen molar-refractivity contribution in [2.75, 3.05) is 13.7 Å². The highest BCUT2D eigenvalue weighted by Crippen LogP contribution is 2.22. The summed E-state index contributed by atoms with van der Waals surface area (Å²) in [6.07, 6.45) is 0. The average molecular weight is 259 g/mol. The van der Waals surface area contributed by atoms with Crippen LogP contribution in [0.5, 0.6) is 0 Å². The van der Waals surface area contributed by atoms with Crippen molar-refractivity contribution >= 4 is 23.3 Å². The zero-order valence-electron chi connectivity index (χ0n) is 9.10. The van der Waals surface area contributed by atoms with Crippen molar-refractivity contribution in [3.05, 3.63) is 38.9 Å². The Hall–Kier alpha value is -1.66. The number of carbonyl (C=O) groups is 1. The third kappa shape index (κ3) is 4.01. The number of rotatable bonds is 5. The molecule has 0 bridgehead atoms. The van der Waals surface area contributed by atoms with Gasteiger partial charge in [-0.2, -0.15) is 0 Å². The van der Waals surface area contributed by atoms with E-state index in [9.17, 15) is 14.9 Å². The Labute approximate surface area is 103 Å². The molecule has 0 unspecified atom stereocenters. The van der Waals surface area contributed by atoms with Crippen LogP contribution in [0.15, 0.2) is 18.2 Å². The lowest BCUT2D eigenvalue weighted by Crippen LogP contribution is -2.23. The standard InChI is InChI=1S/C10H11ClN2O4/c1-17-10(14)6-12-5-7-4-8(11)2-3-9(7)13(15)16/h2-4,12H,5-6H2,1H3. The molecule has 7 heteroatoms. The molecule has 0 radical (unpaired) electrons. The summed E-state index contributed by atoms with van der Waals surface area (Å²) in [5.74, 6) is -0.435. The van der Waals surface area contributed by atoms with Crippen LogP contribution in [0, 0.1) is 10.1 Å². The van der Waals surface area contributed by atoms with Gasteiger partial charge in [-0.25, -0.2) is 0 Å². The monoisotopic (exact) mass is 258 g/mol. The fourth-order valence-corrected chi connectivity index (χ4v) is 1.44. The van der Waals surface area contributed by atoms with Gasteiger partial charge in [-0.15, -0.1) is 0 Å². The Kier molecular flexibility index (Phi) is 4.86. The number of hydrogen-bond donors (Lipinski definition) is 1. The van der Waals surface area contributed by atoms with Gasteiger partial charge in [-0.3, -0.25) is 14.9 Å². The molecule has 1 rings (SSSR count). The van der Waals surface area contributed by atoms with E-state index >= 15 is 0 Å². The number of carbonyl (C=O) groups excluding carboxylic acids is 1. The van der Waals surface area contributed by atoms with E-state index in [1.807, 2.05) is 0 Å². The number of methoxy groups -OCH3 is 1. The number of nitro benzene ring substituents is 1. The molecule has 1 aromatic rings. The van der Waals surface area contributed by atoms with E-state index < -0.39 is 10.9 Å². The Morgan fingerprint density at radius 2 is 2.29 bits per heavy atom. The highest BCUT2D eigenvalue weighted by atomic mass is 35.5. The van der Waals surface area contributed by atoms with Crippen LogP contribution in [-0.4, -0.2) is 24.5 Å². The second-order valence-corrected chi connectivity index (χ2v) is 3.65. The molecular weight excluding hydrogens is 248 g/mol. The molecule has 0 aliphatic heterocycles. The molecule has 6 nitrogen and oxygen atoms in total. The molecule has 0 aromatic heterocycles. The van der Waals surface area contributed by atoms with Crippen LogP contribution in [0.4, 0.5) is 5.69 Å². The molecule has 0 saturated carbocycles. The Balaban J connectivity index is 2.72. The molecule has 0 spiro atoms. The number of nitro groups is 1. The van der Waals surface area contributed by atoms with E-state index in [4.69, 9.17) is 11.6 Å². The van der Waals surface area contributed by atoms with E-state index in [2.05, 4.69) is 10.1 Å². The Morgan fingerprint density at radius 1 is 1.59 bits per heavy atom. The molecule has 0 heterocycles. The molecule has 0 aliphatic carbocycles. The molecular formula is C10H11ClN2O4. The smallest absolute Gasteiger partial charge is 0.319 e. The third-order valence-electron chi connectivity index (χ3n) is 2.05. The van der Waals surface area contributed by atoms with Gasteiger partial charge < -0.3 is 10.1 Å². The molecule has 0 amide bonds. The van der Waals surface area contributed by atoms with Gasteiger partial charge in [0.05, 0.1) is 18.6 Å². The van der Waals surface area contributed by atoms with E-state index in [-0.39, 0.29) is 18.8 Å². The van der Waals surface area contributed by atoms with Crippen molar-refractivity contribution in [3.63, 3.8) is 0 Å². The van der Waals surface area contributed by atoms with E-state index in [1.54, 1.807) is 0 Å². The molecule has 0 atom stereocenters. The number of hydrogen-bond acceptors (Lipinski definition) is 5. The van der Waals surface area contributed by atoms with Crippen LogP contribution in [0.3, 0.4) is 0 Å². The van der Waals surface area contributed by atoms with Gasteiger partial charge in [0.25, 0.3) is 5.69 Å². The minimum absolute atomic E-state index is 0.0137. The van der Waals surface area contributed by atoms with Crippen molar-refractivity contribution in [1.82, 2.24) is 5.32 Å². The normalized spacial score (nSPS) is 10.0. The fraction of sp³-hybridized carbons (Fsp3) is 0.300. The second-order valence-electron chi connectivity index (χ2n) is 3.21. The maximum absolute atomic E-state index is 10.8. The van der Waals surface area contributed by atoms with E-state index in [1.165, 1.54) is 25.3 Å². The minimum Gasteiger partial charge on any atom is -0.468 e. The summed E-state index contributed by atoms with van der Waals surface area (Å²) in [5.41, 5.74) is 0.387. The zero-order chi connectivity index (χ0) is 12.8. The Morgan fingerprint density at radius 3 is 2.88 bits per heavy atom. The maximum atomic E-state index is 10.8. The average Bonchev–Trinajstić information content (AvgIpc) is 2.28. The van der Waals surface area contributed by atoms with Crippen LogP contribution in [0.2, 0.25) is 5.02 Å². The molecule has 1 N–H and O–H groups in total. The van der Waals surface area contributed by atoms with Crippen LogP contribution in [0.1, 0.15) is 5.56 Å². The molecule has 17 heavy (non-hydrogen) atoms. The summed E-state index contributed by atoms with van der Waals surface area (Å²) in [6.45, 7) is 0.159. The van der Waals surface area contributed by atoms with Gasteiger partial charge in [-0.1, -0.05) is 11.6 Å². The summed E-state index contributed by atoms with van der Waals surface area (Å²) in [5, 5.41) is 13.9. The first-order chi connectivity index (χ1) is 8.04. The van der Waals surface area contributed by atoms with Crippen LogP contribution < -0.4 is 5.32 Å². The van der Waals surface area contributed by atoms with Crippen LogP contribution >= 0.6 is 11.6 Å². The first-order valence-electron chi connectivity index (χ1n) is 4.75. The number of esters is 1. The fourth-order valence-electron chi connectivity index (χ4n) is 1.25. The number of nitrogens with zero attached hydrogens (tertiary/aromatic N) is 1. The van der Waals surface area contributed by atoms with Crippen molar-refractivity contribution in [2.45, 2.75) is 6.54 Å². The highest BCUT2D eigenvalue weighted by molar-refractivity contribution is 6.30. The first-order valence-corrected chi connectivity index (χ1v) is 5.12. The summed E-state index contributed by atoms with van der Waals surface area (Å²) in [4.78, 5) is 21.1. The SMILES string of the molecule is COC(=O)CNCc1cc(Cl)ccc1[N+](=O)[O-]. The number of halogens is 1. The molecule has 92 valence electrons. The van der Waals surface area contributed by atoms with Gasteiger partial charge >= 0.3 is 5.97 Å². The van der Waals surface area contributed by atoms with Gasteiger partial charge in [0.15, 0.2) is 0 Å². The summed E-state index contributed by atoms with van der Waals surface area (Å²) in [6, 6.07) is 4.27. The topological polar surface area (TPSA) is 81.5 Å². The largest absolute Gasteiger partial charge is 0.468 e. The summed E-state index contributed by atoms with van der Waals surface area (Å²) < 4.78 is 4.43. The van der Waals surface area contributed by atoms with Crippen LogP contribution in [-0.2, 0) is 16.1 Å². The lowest BCUT2D eigenvalue weighted by molar-refractivity contribution is -0.385. The quantitative estimate of drug-likeness (QED) is 0.492. The van der Waals surface area contributed by atoms with Crippen molar-refractivity contribution in [2.24, 2.45) is 0 Å².